The van der Waals surface area contributed by atoms with E-state index in [-0.39, 0.29) is 17.0 Å². The summed E-state index contributed by atoms with van der Waals surface area (Å²) in [6.07, 6.45) is 0.621. The molecule has 1 saturated carbocycles. The average Bonchev–Trinajstić information content (AvgIpc) is 3.09. The Morgan fingerprint density at radius 3 is 1.85 bits per heavy atom. The maximum atomic E-state index is 12.8. The monoisotopic (exact) mass is 262 g/mol. The Morgan fingerprint density at radius 1 is 0.800 bits per heavy atom. The first-order valence-electron chi connectivity index (χ1n) is 6.85. The molecule has 0 unspecified atom stereocenters. The molecule has 98 valence electrons. The van der Waals surface area contributed by atoms with Gasteiger partial charge in [0.05, 0.1) is 0 Å². The molecular weight excluding hydrogens is 248 g/mol. The predicted molar refractivity (Wildman–Crippen MR) is 75.9 cm³/mol. The van der Waals surface area contributed by atoms with E-state index in [0.717, 1.165) is 5.56 Å². The van der Waals surface area contributed by atoms with Gasteiger partial charge in [-0.05, 0) is 12.0 Å². The highest BCUT2D eigenvalue weighted by molar-refractivity contribution is 6.32. The van der Waals surface area contributed by atoms with Crippen LogP contribution in [0.4, 0.5) is 0 Å². The van der Waals surface area contributed by atoms with E-state index in [9.17, 15) is 9.59 Å². The minimum atomic E-state index is -0.849. The fourth-order valence-corrected chi connectivity index (χ4v) is 3.74. The normalized spacial score (nSPS) is 25.9. The number of carbonyl (C=O) groups is 2. The van der Waals surface area contributed by atoms with Crippen LogP contribution >= 0.6 is 0 Å². The molecule has 2 aromatic rings. The second-order valence-electron chi connectivity index (χ2n) is 5.98. The summed E-state index contributed by atoms with van der Waals surface area (Å²) in [4.78, 5) is 25.5. The standard InChI is InChI=1S/C18H14O2/c1-17(12-7-3-2-4-8-12)11-18(17)15(19)13-9-5-6-10-14(13)16(18)20/h2-10H,11H2,1H3/t17-/m1/s1. The number of fused-ring (bicyclic) bond motifs is 1. The smallest absolute Gasteiger partial charge is 0.178 e. The van der Waals surface area contributed by atoms with E-state index < -0.39 is 5.41 Å². The minimum Gasteiger partial charge on any atom is -0.293 e. The Morgan fingerprint density at radius 2 is 1.30 bits per heavy atom. The molecule has 0 saturated heterocycles. The van der Waals surface area contributed by atoms with Crippen molar-refractivity contribution in [3.63, 3.8) is 0 Å². The molecule has 4 rings (SSSR count). The molecule has 0 bridgehead atoms. The third-order valence-corrected chi connectivity index (χ3v) is 5.04. The van der Waals surface area contributed by atoms with Crippen molar-refractivity contribution in [2.45, 2.75) is 18.8 Å². The van der Waals surface area contributed by atoms with Crippen molar-refractivity contribution in [2.75, 3.05) is 0 Å². The van der Waals surface area contributed by atoms with Gasteiger partial charge in [-0.25, -0.2) is 0 Å². The van der Waals surface area contributed by atoms with E-state index in [4.69, 9.17) is 0 Å². The zero-order chi connectivity index (χ0) is 14.0. The van der Waals surface area contributed by atoms with E-state index in [1.807, 2.05) is 49.4 Å². The lowest BCUT2D eigenvalue weighted by molar-refractivity contribution is 0.0794. The van der Waals surface area contributed by atoms with Gasteiger partial charge in [0.25, 0.3) is 0 Å². The molecule has 2 aliphatic carbocycles. The highest BCUT2D eigenvalue weighted by Crippen LogP contribution is 2.69. The Hall–Kier alpha value is -2.22. The second-order valence-corrected chi connectivity index (χ2v) is 5.98. The van der Waals surface area contributed by atoms with Crippen LogP contribution in [0.5, 0.6) is 0 Å². The molecule has 20 heavy (non-hydrogen) atoms. The summed E-state index contributed by atoms with van der Waals surface area (Å²) in [6, 6.07) is 17.1. The number of hydrogen-bond acceptors (Lipinski definition) is 2. The Bertz CT molecular complexity index is 710. The highest BCUT2D eigenvalue weighted by atomic mass is 16.2. The van der Waals surface area contributed by atoms with Crippen molar-refractivity contribution in [1.29, 1.82) is 0 Å². The molecule has 0 amide bonds. The van der Waals surface area contributed by atoms with Gasteiger partial charge >= 0.3 is 0 Å². The molecule has 0 heterocycles. The van der Waals surface area contributed by atoms with E-state index in [1.54, 1.807) is 12.1 Å². The van der Waals surface area contributed by atoms with Gasteiger partial charge in [0.2, 0.25) is 0 Å². The van der Waals surface area contributed by atoms with E-state index in [0.29, 0.717) is 17.5 Å². The third kappa shape index (κ3) is 1.11. The summed E-state index contributed by atoms with van der Waals surface area (Å²) in [5, 5.41) is 0. The molecule has 0 aromatic heterocycles. The van der Waals surface area contributed by atoms with E-state index in [1.165, 1.54) is 0 Å². The minimum absolute atomic E-state index is 0.00412. The van der Waals surface area contributed by atoms with Crippen LogP contribution in [-0.4, -0.2) is 11.6 Å². The Kier molecular flexibility index (Phi) is 2.00. The van der Waals surface area contributed by atoms with Crippen molar-refractivity contribution in [3.05, 3.63) is 71.3 Å². The molecule has 1 spiro atoms. The first kappa shape index (κ1) is 11.6. The van der Waals surface area contributed by atoms with Crippen LogP contribution in [0.15, 0.2) is 54.6 Å². The molecule has 1 atom stereocenters. The summed E-state index contributed by atoms with van der Waals surface area (Å²) >= 11 is 0. The summed E-state index contributed by atoms with van der Waals surface area (Å²) < 4.78 is 0. The maximum absolute atomic E-state index is 12.8. The third-order valence-electron chi connectivity index (χ3n) is 5.04. The molecule has 2 aromatic carbocycles. The molecular formula is C18H14O2. The number of Topliss-reactive ketones (excluding diaryl/α,β-unsaturated/α-hetero) is 2. The fraction of sp³-hybridized carbons (Fsp3) is 0.222. The molecule has 0 aliphatic heterocycles. The van der Waals surface area contributed by atoms with Gasteiger partial charge in [0, 0.05) is 16.5 Å². The van der Waals surface area contributed by atoms with Gasteiger partial charge in [-0.2, -0.15) is 0 Å². The lowest BCUT2D eigenvalue weighted by atomic mass is 9.84. The molecule has 2 nitrogen and oxygen atoms in total. The maximum Gasteiger partial charge on any atom is 0.178 e. The SMILES string of the molecule is C[C@]1(c2ccccc2)CC12C(=O)c1ccccc1C2=O. The van der Waals surface area contributed by atoms with Gasteiger partial charge in [0.15, 0.2) is 11.6 Å². The Labute approximate surface area is 117 Å². The first-order chi connectivity index (χ1) is 9.61. The number of hydrogen-bond donors (Lipinski definition) is 0. The molecule has 1 fully saturated rings. The zero-order valence-corrected chi connectivity index (χ0v) is 11.2. The van der Waals surface area contributed by atoms with Crippen molar-refractivity contribution in [1.82, 2.24) is 0 Å². The second kappa shape index (κ2) is 3.45. The van der Waals surface area contributed by atoms with Gasteiger partial charge in [-0.3, -0.25) is 9.59 Å². The number of rotatable bonds is 1. The fourth-order valence-electron chi connectivity index (χ4n) is 3.74. The van der Waals surface area contributed by atoms with Crippen LogP contribution in [0.25, 0.3) is 0 Å². The van der Waals surface area contributed by atoms with Crippen molar-refractivity contribution < 1.29 is 9.59 Å². The van der Waals surface area contributed by atoms with Crippen LogP contribution < -0.4 is 0 Å². The van der Waals surface area contributed by atoms with Gasteiger partial charge in [0.1, 0.15) is 5.41 Å². The van der Waals surface area contributed by atoms with E-state index in [2.05, 4.69) is 0 Å². The summed E-state index contributed by atoms with van der Waals surface area (Å²) in [6.45, 7) is 2.03. The summed E-state index contributed by atoms with van der Waals surface area (Å²) in [5.74, 6) is 0.00825. The van der Waals surface area contributed by atoms with Crippen molar-refractivity contribution in [2.24, 2.45) is 5.41 Å². The van der Waals surface area contributed by atoms with Gasteiger partial charge in [-0.1, -0.05) is 61.5 Å². The van der Waals surface area contributed by atoms with E-state index >= 15 is 0 Å². The number of carbonyl (C=O) groups excluding carboxylic acids is 2. The first-order valence-corrected chi connectivity index (χ1v) is 6.85. The van der Waals surface area contributed by atoms with Gasteiger partial charge in [-0.15, -0.1) is 0 Å². The molecule has 2 aliphatic rings. The topological polar surface area (TPSA) is 34.1 Å². The largest absolute Gasteiger partial charge is 0.293 e. The zero-order valence-electron chi connectivity index (χ0n) is 11.2. The summed E-state index contributed by atoms with van der Waals surface area (Å²) in [7, 11) is 0. The van der Waals surface area contributed by atoms with Crippen LogP contribution in [0.3, 0.4) is 0 Å². The lowest BCUT2D eigenvalue weighted by Gasteiger charge is -2.16. The Balaban J connectivity index is 1.87. The highest BCUT2D eigenvalue weighted by Gasteiger charge is 2.76. The van der Waals surface area contributed by atoms with Crippen LogP contribution in [-0.2, 0) is 5.41 Å². The van der Waals surface area contributed by atoms with Crippen molar-refractivity contribution >= 4 is 11.6 Å². The van der Waals surface area contributed by atoms with Crippen molar-refractivity contribution in [3.8, 4) is 0 Å². The quantitative estimate of drug-likeness (QED) is 0.738. The van der Waals surface area contributed by atoms with Crippen LogP contribution in [0.2, 0.25) is 0 Å². The average molecular weight is 262 g/mol. The van der Waals surface area contributed by atoms with Gasteiger partial charge < -0.3 is 0 Å². The lowest BCUT2D eigenvalue weighted by Crippen LogP contribution is -2.26. The molecule has 2 heteroatoms. The molecule has 0 radical (unpaired) electrons. The molecule has 0 N–H and O–H groups in total. The van der Waals surface area contributed by atoms with Crippen LogP contribution in [0, 0.1) is 5.41 Å². The summed E-state index contributed by atoms with van der Waals surface area (Å²) in [5.41, 5.74) is 1.06. The van der Waals surface area contributed by atoms with Crippen LogP contribution in [0.1, 0.15) is 39.6 Å². The number of benzene rings is 2. The predicted octanol–water partition coefficient (Wildman–Crippen LogP) is 3.41. The number of ketones is 2.